The molecule has 0 aromatic rings. The molecule has 0 saturated carbocycles. The first-order chi connectivity index (χ1) is 10.4. The van der Waals surface area contributed by atoms with E-state index in [4.69, 9.17) is 9.47 Å². The van der Waals surface area contributed by atoms with Crippen LogP contribution in [-0.2, 0) is 19.1 Å². The third-order valence-electron chi connectivity index (χ3n) is 4.22. The van der Waals surface area contributed by atoms with Gasteiger partial charge in [-0.1, -0.05) is 0 Å². The maximum absolute atomic E-state index is 12.6. The van der Waals surface area contributed by atoms with Gasteiger partial charge in [-0.3, -0.25) is 9.69 Å². The lowest BCUT2D eigenvalue weighted by Gasteiger charge is -2.39. The summed E-state index contributed by atoms with van der Waals surface area (Å²) in [6.07, 6.45) is 0.368. The van der Waals surface area contributed by atoms with Gasteiger partial charge in [-0.2, -0.15) is 0 Å². The highest BCUT2D eigenvalue weighted by Gasteiger charge is 2.37. The molecule has 1 N–H and O–H groups in total. The number of methoxy groups -OCH3 is 1. The molecule has 0 aromatic heterocycles. The molecule has 2 heterocycles. The van der Waals surface area contributed by atoms with Crippen LogP contribution < -0.4 is 0 Å². The Bertz CT molecular complexity index is 407. The zero-order valence-corrected chi connectivity index (χ0v) is 13.5. The van der Waals surface area contributed by atoms with Crippen molar-refractivity contribution in [2.24, 2.45) is 0 Å². The van der Waals surface area contributed by atoms with Crippen molar-refractivity contribution in [3.8, 4) is 0 Å². The van der Waals surface area contributed by atoms with E-state index in [9.17, 15) is 14.7 Å². The molecule has 7 heteroatoms. The number of ether oxygens (including phenoxy) is 2. The summed E-state index contributed by atoms with van der Waals surface area (Å²) in [4.78, 5) is 28.0. The largest absolute Gasteiger partial charge is 0.467 e. The fourth-order valence-corrected chi connectivity index (χ4v) is 3.30. The topological polar surface area (TPSA) is 79.3 Å². The second kappa shape index (κ2) is 7.39. The number of hydrogen-bond acceptors (Lipinski definition) is 6. The third kappa shape index (κ3) is 4.18. The van der Waals surface area contributed by atoms with Gasteiger partial charge in [-0.05, 0) is 20.3 Å². The van der Waals surface area contributed by atoms with Crippen LogP contribution in [0.2, 0.25) is 0 Å². The number of esters is 1. The Hall–Kier alpha value is -1.18. The van der Waals surface area contributed by atoms with Crippen LogP contribution >= 0.6 is 0 Å². The van der Waals surface area contributed by atoms with Crippen molar-refractivity contribution in [3.63, 3.8) is 0 Å². The number of aliphatic hydroxyl groups is 1. The molecule has 4 atom stereocenters. The molecule has 1 amide bonds. The molecular formula is C15H26N2O5. The van der Waals surface area contributed by atoms with E-state index < -0.39 is 18.1 Å². The van der Waals surface area contributed by atoms with Crippen molar-refractivity contribution >= 4 is 11.9 Å². The quantitative estimate of drug-likeness (QED) is 0.716. The van der Waals surface area contributed by atoms with E-state index in [0.29, 0.717) is 26.1 Å². The Morgan fingerprint density at radius 1 is 1.27 bits per heavy atom. The van der Waals surface area contributed by atoms with E-state index >= 15 is 0 Å². The number of hydrogen-bond donors (Lipinski definition) is 1. The normalized spacial score (nSPS) is 33.5. The minimum atomic E-state index is -0.683. The average Bonchev–Trinajstić information content (AvgIpc) is 2.45. The number of rotatable bonds is 3. The number of amides is 1. The molecule has 2 rings (SSSR count). The van der Waals surface area contributed by atoms with Crippen molar-refractivity contribution in [3.05, 3.63) is 0 Å². The second-order valence-electron chi connectivity index (χ2n) is 6.26. The average molecular weight is 314 g/mol. The van der Waals surface area contributed by atoms with E-state index in [0.717, 1.165) is 0 Å². The van der Waals surface area contributed by atoms with Gasteiger partial charge in [0, 0.05) is 26.1 Å². The van der Waals surface area contributed by atoms with Crippen LogP contribution in [0.15, 0.2) is 0 Å². The van der Waals surface area contributed by atoms with Crippen LogP contribution in [0.1, 0.15) is 26.7 Å². The number of morpholine rings is 1. The lowest BCUT2D eigenvalue weighted by atomic mass is 9.99. The van der Waals surface area contributed by atoms with Crippen molar-refractivity contribution in [1.29, 1.82) is 0 Å². The van der Waals surface area contributed by atoms with E-state index in [1.54, 1.807) is 4.90 Å². The maximum Gasteiger partial charge on any atom is 0.328 e. The second-order valence-corrected chi connectivity index (χ2v) is 6.26. The molecule has 0 bridgehead atoms. The summed E-state index contributed by atoms with van der Waals surface area (Å²) >= 11 is 0. The standard InChI is InChI=1S/C15H26N2O5/c1-10-7-16(8-11(2)22-10)9-14(19)17-5-4-12(18)6-13(17)15(20)21-3/h10-13,18H,4-9H2,1-3H3/t10-,11+,12-,13+/m0/s1. The van der Waals surface area contributed by atoms with Gasteiger partial charge in [0.2, 0.25) is 5.91 Å². The van der Waals surface area contributed by atoms with Crippen LogP contribution in [0.3, 0.4) is 0 Å². The number of piperidine rings is 1. The van der Waals surface area contributed by atoms with Gasteiger partial charge in [0.25, 0.3) is 0 Å². The molecule has 2 saturated heterocycles. The number of nitrogens with zero attached hydrogens (tertiary/aromatic N) is 2. The first-order valence-corrected chi connectivity index (χ1v) is 7.84. The Balaban J connectivity index is 1.98. The highest BCUT2D eigenvalue weighted by atomic mass is 16.5. The molecular weight excluding hydrogens is 288 g/mol. The van der Waals surface area contributed by atoms with Crippen LogP contribution in [0.25, 0.3) is 0 Å². The summed E-state index contributed by atoms with van der Waals surface area (Å²) in [5.74, 6) is -0.556. The fourth-order valence-electron chi connectivity index (χ4n) is 3.30. The highest BCUT2D eigenvalue weighted by molar-refractivity contribution is 5.85. The van der Waals surface area contributed by atoms with Gasteiger partial charge in [-0.15, -0.1) is 0 Å². The summed E-state index contributed by atoms with van der Waals surface area (Å²) in [5.41, 5.74) is 0. The van der Waals surface area contributed by atoms with Crippen molar-refractivity contribution in [1.82, 2.24) is 9.80 Å². The van der Waals surface area contributed by atoms with Crippen LogP contribution in [0.5, 0.6) is 0 Å². The lowest BCUT2D eigenvalue weighted by molar-refractivity contribution is -0.158. The molecule has 2 fully saturated rings. The van der Waals surface area contributed by atoms with E-state index in [1.165, 1.54) is 7.11 Å². The van der Waals surface area contributed by atoms with Crippen molar-refractivity contribution in [2.75, 3.05) is 33.3 Å². The molecule has 7 nitrogen and oxygen atoms in total. The molecule has 0 spiro atoms. The van der Waals surface area contributed by atoms with Gasteiger partial charge in [0.15, 0.2) is 0 Å². The van der Waals surface area contributed by atoms with Gasteiger partial charge in [0.1, 0.15) is 6.04 Å². The molecule has 0 aromatic carbocycles. The number of aliphatic hydroxyl groups excluding tert-OH is 1. The van der Waals surface area contributed by atoms with E-state index in [-0.39, 0.29) is 31.1 Å². The minimum absolute atomic E-state index is 0.0936. The smallest absolute Gasteiger partial charge is 0.328 e. The van der Waals surface area contributed by atoms with E-state index in [2.05, 4.69) is 4.90 Å². The fraction of sp³-hybridized carbons (Fsp3) is 0.867. The van der Waals surface area contributed by atoms with Crippen LogP contribution in [0, 0.1) is 0 Å². The Labute approximate surface area is 131 Å². The molecule has 2 aliphatic rings. The first kappa shape index (κ1) is 17.2. The Morgan fingerprint density at radius 2 is 1.91 bits per heavy atom. The van der Waals surface area contributed by atoms with Gasteiger partial charge in [0.05, 0.1) is 32.0 Å². The van der Waals surface area contributed by atoms with Crippen LogP contribution in [-0.4, -0.2) is 84.4 Å². The van der Waals surface area contributed by atoms with Gasteiger partial charge >= 0.3 is 5.97 Å². The minimum Gasteiger partial charge on any atom is -0.467 e. The van der Waals surface area contributed by atoms with Crippen LogP contribution in [0.4, 0.5) is 0 Å². The monoisotopic (exact) mass is 314 g/mol. The number of carbonyl (C=O) groups is 2. The zero-order valence-electron chi connectivity index (χ0n) is 13.5. The summed E-state index contributed by atoms with van der Waals surface area (Å²) in [6, 6.07) is -0.683. The molecule has 22 heavy (non-hydrogen) atoms. The highest BCUT2D eigenvalue weighted by Crippen LogP contribution is 2.20. The number of likely N-dealkylation sites (tertiary alicyclic amines) is 1. The van der Waals surface area contributed by atoms with E-state index in [1.807, 2.05) is 13.8 Å². The number of carbonyl (C=O) groups excluding carboxylic acids is 2. The predicted octanol–water partition coefficient (Wildman–Crippen LogP) is -0.379. The summed E-state index contributed by atoms with van der Waals surface area (Å²) in [6.45, 7) is 6.03. The summed E-state index contributed by atoms with van der Waals surface area (Å²) in [5, 5.41) is 9.74. The Morgan fingerprint density at radius 3 is 2.50 bits per heavy atom. The molecule has 2 aliphatic heterocycles. The third-order valence-corrected chi connectivity index (χ3v) is 4.22. The lowest BCUT2D eigenvalue weighted by Crippen LogP contribution is -2.56. The molecule has 0 aliphatic carbocycles. The Kier molecular flexibility index (Phi) is 5.77. The van der Waals surface area contributed by atoms with Gasteiger partial charge in [-0.25, -0.2) is 4.79 Å². The summed E-state index contributed by atoms with van der Waals surface area (Å²) in [7, 11) is 1.30. The molecule has 0 radical (unpaired) electrons. The zero-order chi connectivity index (χ0) is 16.3. The summed E-state index contributed by atoms with van der Waals surface area (Å²) < 4.78 is 10.4. The van der Waals surface area contributed by atoms with Gasteiger partial charge < -0.3 is 19.5 Å². The SMILES string of the molecule is COC(=O)[C@H]1C[C@@H](O)CCN1C(=O)CN1C[C@@H](C)O[C@@H](C)C1. The first-order valence-electron chi connectivity index (χ1n) is 7.84. The molecule has 126 valence electrons. The molecule has 0 unspecified atom stereocenters. The predicted molar refractivity (Wildman–Crippen MR) is 79.2 cm³/mol. The van der Waals surface area contributed by atoms with Crippen molar-refractivity contribution < 1.29 is 24.2 Å². The van der Waals surface area contributed by atoms with Crippen molar-refractivity contribution in [2.45, 2.75) is 51.0 Å². The maximum atomic E-state index is 12.6.